The maximum Gasteiger partial charge on any atom is 0.297 e. The normalized spacial score (nSPS) is 18.2. The van der Waals surface area contributed by atoms with E-state index in [4.69, 9.17) is 14.1 Å². The van der Waals surface area contributed by atoms with E-state index in [1.54, 1.807) is 37.3 Å². The van der Waals surface area contributed by atoms with Crippen LogP contribution in [0.2, 0.25) is 0 Å². The van der Waals surface area contributed by atoms with E-state index in [9.17, 15) is 14.4 Å². The Morgan fingerprint density at radius 3 is 2.56 bits per heavy atom. The Morgan fingerprint density at radius 1 is 1.09 bits per heavy atom. The first-order valence-corrected chi connectivity index (χ1v) is 11.6. The van der Waals surface area contributed by atoms with Gasteiger partial charge in [0, 0.05) is 5.56 Å². The Bertz CT molecular complexity index is 1470. The van der Waals surface area contributed by atoms with Gasteiger partial charge in [-0.05, 0) is 56.2 Å². The van der Waals surface area contributed by atoms with Crippen LogP contribution in [0, 0.1) is 26.7 Å². The number of hydrogen-bond donors (Lipinski definition) is 0. The number of carbonyl (C=O) groups is 3. The Balaban J connectivity index is 1.71. The lowest BCUT2D eigenvalue weighted by Gasteiger charge is -2.26. The molecule has 8 heteroatoms. The van der Waals surface area contributed by atoms with Gasteiger partial charge in [-0.25, -0.2) is 4.98 Å². The molecule has 2 unspecified atom stereocenters. The fraction of sp³-hybridized carbons (Fsp3) is 0.231. The van der Waals surface area contributed by atoms with Gasteiger partial charge >= 0.3 is 0 Å². The summed E-state index contributed by atoms with van der Waals surface area (Å²) in [5.74, 6) is -2.33. The molecule has 3 heterocycles. The second-order valence-electron chi connectivity index (χ2n) is 8.40. The number of furan rings is 1. The molecular formula is C26H22N2O5S. The summed E-state index contributed by atoms with van der Waals surface area (Å²) in [6, 6.07) is 13.4. The van der Waals surface area contributed by atoms with E-state index in [1.165, 1.54) is 29.4 Å². The van der Waals surface area contributed by atoms with Crippen molar-refractivity contribution >= 4 is 44.2 Å². The first kappa shape index (κ1) is 22.0. The maximum atomic E-state index is 13.5. The minimum Gasteiger partial charge on any atom is -0.496 e. The Hall–Kier alpha value is -3.78. The highest BCUT2D eigenvalue weighted by atomic mass is 32.1. The summed E-state index contributed by atoms with van der Waals surface area (Å²) in [5.41, 5.74) is 3.37. The molecule has 2 atom stereocenters. The van der Waals surface area contributed by atoms with E-state index in [0.29, 0.717) is 22.2 Å². The number of benzene rings is 2. The van der Waals surface area contributed by atoms with Crippen molar-refractivity contribution in [3.05, 3.63) is 76.7 Å². The third-order valence-electron chi connectivity index (χ3n) is 6.05. The summed E-state index contributed by atoms with van der Waals surface area (Å²) in [5, 5.41) is 0.365. The quantitative estimate of drug-likeness (QED) is 0.230. The number of Topliss-reactive ketones (excluding diaryl/α,β-unsaturated/α-hetero) is 2. The van der Waals surface area contributed by atoms with Crippen LogP contribution >= 0.6 is 11.3 Å². The van der Waals surface area contributed by atoms with E-state index in [1.807, 2.05) is 26.0 Å². The van der Waals surface area contributed by atoms with Crippen LogP contribution in [0.25, 0.3) is 10.2 Å². The topological polar surface area (TPSA) is 89.7 Å². The summed E-state index contributed by atoms with van der Waals surface area (Å²) < 4.78 is 12.0. The average molecular weight is 475 g/mol. The fourth-order valence-corrected chi connectivity index (χ4v) is 5.73. The number of aryl methyl sites for hydroxylation is 3. The molecule has 1 fully saturated rings. The lowest BCUT2D eigenvalue weighted by molar-refractivity contribution is -0.135. The molecular weight excluding hydrogens is 452 g/mol. The predicted octanol–water partition coefficient (Wildman–Crippen LogP) is 4.98. The van der Waals surface area contributed by atoms with Crippen LogP contribution in [0.4, 0.5) is 5.13 Å². The van der Waals surface area contributed by atoms with Gasteiger partial charge < -0.3 is 9.15 Å². The second-order valence-corrected chi connectivity index (χ2v) is 9.41. The summed E-state index contributed by atoms with van der Waals surface area (Å²) in [4.78, 5) is 46.3. The average Bonchev–Trinajstić information content (AvgIpc) is 3.50. The molecule has 0 spiro atoms. The highest BCUT2D eigenvalue weighted by Gasteiger charge is 2.54. The molecule has 2 aromatic carbocycles. The van der Waals surface area contributed by atoms with Crippen molar-refractivity contribution in [2.45, 2.75) is 26.8 Å². The molecule has 0 bridgehead atoms. The zero-order chi connectivity index (χ0) is 24.1. The van der Waals surface area contributed by atoms with Crippen molar-refractivity contribution in [1.29, 1.82) is 0 Å². The van der Waals surface area contributed by atoms with Gasteiger partial charge in [0.05, 0.1) is 23.4 Å². The van der Waals surface area contributed by atoms with Crippen LogP contribution < -0.4 is 9.64 Å². The smallest absolute Gasteiger partial charge is 0.297 e. The number of hydrogen-bond acceptors (Lipinski definition) is 7. The number of aromatic nitrogens is 1. The van der Waals surface area contributed by atoms with E-state index in [2.05, 4.69) is 0 Å². The number of ether oxygens (including phenoxy) is 1. The first-order valence-electron chi connectivity index (χ1n) is 10.8. The number of rotatable bonds is 5. The van der Waals surface area contributed by atoms with Crippen molar-refractivity contribution in [3.8, 4) is 5.75 Å². The van der Waals surface area contributed by atoms with E-state index >= 15 is 0 Å². The Labute approximate surface area is 200 Å². The molecule has 0 saturated carbocycles. The molecule has 5 rings (SSSR count). The van der Waals surface area contributed by atoms with Crippen molar-refractivity contribution in [3.63, 3.8) is 0 Å². The van der Waals surface area contributed by atoms with Crippen molar-refractivity contribution in [2.75, 3.05) is 12.0 Å². The standard InChI is InChI=1S/C26H22N2O5S/c1-13-11-14(2)21-19(12-13)34-26(27-21)28-22(16-7-5-6-8-17(16)32-4)20(24(30)25(28)31)23(29)18-10-9-15(3)33-18/h5-12,20,22H,1-4H3. The number of ketones is 2. The molecule has 4 aromatic rings. The molecule has 2 aromatic heterocycles. The SMILES string of the molecule is COc1ccccc1C1C(C(=O)c2ccc(C)o2)C(=O)C(=O)N1c1nc2c(C)cc(C)cc2s1. The van der Waals surface area contributed by atoms with E-state index < -0.39 is 29.4 Å². The zero-order valence-corrected chi connectivity index (χ0v) is 19.9. The number of amides is 1. The molecule has 34 heavy (non-hydrogen) atoms. The summed E-state index contributed by atoms with van der Waals surface area (Å²) in [6.45, 7) is 5.67. The summed E-state index contributed by atoms with van der Waals surface area (Å²) in [6.07, 6.45) is 0. The molecule has 0 N–H and O–H groups in total. The molecule has 1 saturated heterocycles. The number of fused-ring (bicyclic) bond motifs is 1. The third-order valence-corrected chi connectivity index (χ3v) is 7.06. The van der Waals surface area contributed by atoms with Crippen molar-refractivity contribution < 1.29 is 23.5 Å². The Morgan fingerprint density at radius 2 is 1.85 bits per heavy atom. The van der Waals surface area contributed by atoms with Crippen LogP contribution in [-0.2, 0) is 9.59 Å². The number of thiazole rings is 1. The van der Waals surface area contributed by atoms with Crippen LogP contribution in [0.5, 0.6) is 5.75 Å². The molecule has 172 valence electrons. The second kappa shape index (κ2) is 8.22. The minimum absolute atomic E-state index is 0.0427. The number of carbonyl (C=O) groups excluding carboxylic acids is 3. The van der Waals surface area contributed by atoms with Gasteiger partial charge in [-0.15, -0.1) is 0 Å². The summed E-state index contributed by atoms with van der Waals surface area (Å²) in [7, 11) is 1.51. The van der Waals surface area contributed by atoms with Gasteiger partial charge in [-0.1, -0.05) is 35.6 Å². The molecule has 7 nitrogen and oxygen atoms in total. The molecule has 1 aliphatic rings. The molecule has 0 radical (unpaired) electrons. The fourth-order valence-electron chi connectivity index (χ4n) is 4.55. The van der Waals surface area contributed by atoms with Crippen LogP contribution in [0.1, 0.15) is 39.0 Å². The molecule has 1 aliphatic heterocycles. The zero-order valence-electron chi connectivity index (χ0n) is 19.1. The minimum atomic E-state index is -1.29. The third kappa shape index (κ3) is 3.42. The van der Waals surface area contributed by atoms with Gasteiger partial charge in [0.15, 0.2) is 10.9 Å². The van der Waals surface area contributed by atoms with Crippen LogP contribution in [0.15, 0.2) is 52.9 Å². The Kier molecular flexibility index (Phi) is 5.32. The molecule has 0 aliphatic carbocycles. The van der Waals surface area contributed by atoms with Crippen LogP contribution in [-0.4, -0.2) is 29.6 Å². The first-order chi connectivity index (χ1) is 16.3. The highest BCUT2D eigenvalue weighted by molar-refractivity contribution is 7.22. The van der Waals surface area contributed by atoms with Crippen molar-refractivity contribution in [1.82, 2.24) is 4.98 Å². The van der Waals surface area contributed by atoms with Gasteiger partial charge in [0.2, 0.25) is 11.6 Å². The van der Waals surface area contributed by atoms with Gasteiger partial charge in [0.25, 0.3) is 5.91 Å². The lowest BCUT2D eigenvalue weighted by Crippen LogP contribution is -2.30. The summed E-state index contributed by atoms with van der Waals surface area (Å²) >= 11 is 1.32. The largest absolute Gasteiger partial charge is 0.496 e. The maximum absolute atomic E-state index is 13.5. The van der Waals surface area contributed by atoms with Crippen molar-refractivity contribution in [2.24, 2.45) is 5.92 Å². The lowest BCUT2D eigenvalue weighted by atomic mass is 9.88. The van der Waals surface area contributed by atoms with Crippen LogP contribution in [0.3, 0.4) is 0 Å². The van der Waals surface area contributed by atoms with Gasteiger partial charge in [-0.2, -0.15) is 0 Å². The highest BCUT2D eigenvalue weighted by Crippen LogP contribution is 2.46. The van der Waals surface area contributed by atoms with E-state index in [-0.39, 0.29) is 5.76 Å². The number of anilines is 1. The monoisotopic (exact) mass is 474 g/mol. The predicted molar refractivity (Wildman–Crippen MR) is 129 cm³/mol. The van der Waals surface area contributed by atoms with Gasteiger partial charge in [0.1, 0.15) is 17.4 Å². The van der Waals surface area contributed by atoms with Gasteiger partial charge in [-0.3, -0.25) is 19.3 Å². The number of methoxy groups -OCH3 is 1. The number of para-hydroxylation sites is 1. The van der Waals surface area contributed by atoms with E-state index in [0.717, 1.165) is 21.3 Å². The molecule has 1 amide bonds. The number of nitrogens with zero attached hydrogens (tertiary/aromatic N) is 2.